The summed E-state index contributed by atoms with van der Waals surface area (Å²) in [6.45, 7) is 8.71. The van der Waals surface area contributed by atoms with E-state index in [0.29, 0.717) is 30.3 Å². The van der Waals surface area contributed by atoms with Crippen molar-refractivity contribution in [2.45, 2.75) is 51.9 Å². The highest BCUT2D eigenvalue weighted by molar-refractivity contribution is 5.94. The van der Waals surface area contributed by atoms with Gasteiger partial charge in [0.15, 0.2) is 0 Å². The summed E-state index contributed by atoms with van der Waals surface area (Å²) in [4.78, 5) is 17.4. The minimum Gasteiger partial charge on any atom is -0.490 e. The SMILES string of the molecule is CC(C)N1CCC(Oc2ccc3c(c2)cc2n3CCN(C(=O)c3ccc(C#N)cc3)C2)CC1. The first-order valence-corrected chi connectivity index (χ1v) is 11.8. The lowest BCUT2D eigenvalue weighted by Crippen LogP contribution is -2.41. The molecule has 0 radical (unpaired) electrons. The predicted octanol–water partition coefficient (Wildman–Crippen LogP) is 4.42. The van der Waals surface area contributed by atoms with Crippen molar-refractivity contribution in [2.75, 3.05) is 19.6 Å². The van der Waals surface area contributed by atoms with Crippen molar-refractivity contribution in [1.82, 2.24) is 14.4 Å². The van der Waals surface area contributed by atoms with Gasteiger partial charge in [-0.05, 0) is 75.2 Å². The molecular formula is C27H30N4O2. The maximum atomic E-state index is 13.0. The quantitative estimate of drug-likeness (QED) is 0.600. The predicted molar refractivity (Wildman–Crippen MR) is 128 cm³/mol. The van der Waals surface area contributed by atoms with Gasteiger partial charge in [-0.2, -0.15) is 5.26 Å². The maximum Gasteiger partial charge on any atom is 0.254 e. The van der Waals surface area contributed by atoms with Crippen LogP contribution in [0.15, 0.2) is 48.5 Å². The van der Waals surface area contributed by atoms with Gasteiger partial charge in [-0.25, -0.2) is 0 Å². The Balaban J connectivity index is 1.28. The lowest BCUT2D eigenvalue weighted by molar-refractivity contribution is 0.0712. The van der Waals surface area contributed by atoms with E-state index in [1.807, 2.05) is 4.90 Å². The number of carbonyl (C=O) groups is 1. The number of carbonyl (C=O) groups excluding carboxylic acids is 1. The van der Waals surface area contributed by atoms with E-state index >= 15 is 0 Å². The van der Waals surface area contributed by atoms with E-state index in [4.69, 9.17) is 10.00 Å². The molecule has 0 unspecified atom stereocenters. The molecule has 0 N–H and O–H groups in total. The molecule has 0 spiro atoms. The van der Waals surface area contributed by atoms with Crippen LogP contribution >= 0.6 is 0 Å². The Morgan fingerprint density at radius 3 is 2.48 bits per heavy atom. The number of piperidine rings is 1. The fourth-order valence-corrected chi connectivity index (χ4v) is 5.02. The topological polar surface area (TPSA) is 61.5 Å². The van der Waals surface area contributed by atoms with Gasteiger partial charge in [0.2, 0.25) is 0 Å². The summed E-state index contributed by atoms with van der Waals surface area (Å²) >= 11 is 0. The van der Waals surface area contributed by atoms with Crippen molar-refractivity contribution in [3.8, 4) is 11.8 Å². The van der Waals surface area contributed by atoms with Gasteiger partial charge in [0.05, 0.1) is 18.2 Å². The Morgan fingerprint density at radius 2 is 1.79 bits per heavy atom. The van der Waals surface area contributed by atoms with E-state index in [-0.39, 0.29) is 12.0 Å². The molecule has 170 valence electrons. The third kappa shape index (κ3) is 4.34. The summed E-state index contributed by atoms with van der Waals surface area (Å²) < 4.78 is 8.64. The second-order valence-corrected chi connectivity index (χ2v) is 9.37. The van der Waals surface area contributed by atoms with Crippen LogP contribution in [-0.4, -0.2) is 52.1 Å². The second kappa shape index (κ2) is 8.92. The van der Waals surface area contributed by atoms with Gasteiger partial charge in [0.25, 0.3) is 5.91 Å². The zero-order chi connectivity index (χ0) is 22.9. The third-order valence-electron chi connectivity index (χ3n) is 6.96. The van der Waals surface area contributed by atoms with Crippen LogP contribution in [0.1, 0.15) is 48.3 Å². The fourth-order valence-electron chi connectivity index (χ4n) is 5.02. The van der Waals surface area contributed by atoms with Crippen LogP contribution in [0, 0.1) is 11.3 Å². The molecule has 1 fully saturated rings. The number of likely N-dealkylation sites (tertiary alicyclic amines) is 1. The lowest BCUT2D eigenvalue weighted by atomic mass is 10.1. The average Bonchev–Trinajstić information content (AvgIpc) is 3.21. The normalized spacial score (nSPS) is 17.2. The van der Waals surface area contributed by atoms with E-state index in [2.05, 4.69) is 53.6 Å². The molecule has 33 heavy (non-hydrogen) atoms. The van der Waals surface area contributed by atoms with Gasteiger partial charge < -0.3 is 19.1 Å². The molecule has 1 aromatic heterocycles. The van der Waals surface area contributed by atoms with Gasteiger partial charge in [-0.3, -0.25) is 4.79 Å². The van der Waals surface area contributed by atoms with Gasteiger partial charge in [-0.1, -0.05) is 0 Å². The molecule has 1 saturated heterocycles. The van der Waals surface area contributed by atoms with E-state index in [0.717, 1.165) is 49.3 Å². The fraction of sp³-hybridized carbons (Fsp3) is 0.407. The van der Waals surface area contributed by atoms with Crippen LogP contribution in [0.4, 0.5) is 0 Å². The number of hydrogen-bond acceptors (Lipinski definition) is 4. The summed E-state index contributed by atoms with van der Waals surface area (Å²) in [5.41, 5.74) is 3.52. The molecule has 5 rings (SSSR count). The molecule has 0 aliphatic carbocycles. The van der Waals surface area contributed by atoms with Crippen LogP contribution in [0.2, 0.25) is 0 Å². The molecule has 0 atom stereocenters. The Morgan fingerprint density at radius 1 is 1.03 bits per heavy atom. The first kappa shape index (κ1) is 21.5. The highest BCUT2D eigenvalue weighted by Gasteiger charge is 2.25. The molecule has 3 heterocycles. The van der Waals surface area contributed by atoms with Crippen LogP contribution in [0.5, 0.6) is 5.75 Å². The van der Waals surface area contributed by atoms with Crippen molar-refractivity contribution in [3.63, 3.8) is 0 Å². The smallest absolute Gasteiger partial charge is 0.254 e. The van der Waals surface area contributed by atoms with Crippen molar-refractivity contribution < 1.29 is 9.53 Å². The largest absolute Gasteiger partial charge is 0.490 e. The molecule has 6 heteroatoms. The Bertz CT molecular complexity index is 1200. The van der Waals surface area contributed by atoms with Crippen LogP contribution in [0.3, 0.4) is 0 Å². The zero-order valence-corrected chi connectivity index (χ0v) is 19.3. The monoisotopic (exact) mass is 442 g/mol. The van der Waals surface area contributed by atoms with Crippen LogP contribution in [0.25, 0.3) is 10.9 Å². The highest BCUT2D eigenvalue weighted by atomic mass is 16.5. The molecule has 1 amide bonds. The Labute approximate surface area is 195 Å². The molecular weight excluding hydrogens is 412 g/mol. The number of nitriles is 1. The van der Waals surface area contributed by atoms with Gasteiger partial charge in [0, 0.05) is 54.4 Å². The Kier molecular flexibility index (Phi) is 5.82. The number of fused-ring (bicyclic) bond motifs is 3. The molecule has 2 aliphatic rings. The van der Waals surface area contributed by atoms with Crippen molar-refractivity contribution in [1.29, 1.82) is 5.26 Å². The molecule has 0 bridgehead atoms. The minimum atomic E-state index is 0.00718. The summed E-state index contributed by atoms with van der Waals surface area (Å²) in [5.74, 6) is 0.937. The van der Waals surface area contributed by atoms with E-state index < -0.39 is 0 Å². The first-order valence-electron chi connectivity index (χ1n) is 11.8. The van der Waals surface area contributed by atoms with E-state index in [9.17, 15) is 4.79 Å². The number of amides is 1. The molecule has 2 aromatic carbocycles. The van der Waals surface area contributed by atoms with Crippen molar-refractivity contribution in [2.24, 2.45) is 0 Å². The number of nitrogens with zero attached hydrogens (tertiary/aromatic N) is 4. The average molecular weight is 443 g/mol. The number of rotatable bonds is 4. The van der Waals surface area contributed by atoms with Gasteiger partial charge >= 0.3 is 0 Å². The van der Waals surface area contributed by atoms with Crippen LogP contribution in [-0.2, 0) is 13.1 Å². The summed E-state index contributed by atoms with van der Waals surface area (Å²) in [5, 5.41) is 10.1. The number of aromatic nitrogens is 1. The number of hydrogen-bond donors (Lipinski definition) is 0. The Hall–Kier alpha value is -3.30. The molecule has 3 aromatic rings. The molecule has 0 saturated carbocycles. The summed E-state index contributed by atoms with van der Waals surface area (Å²) in [6.07, 6.45) is 2.40. The second-order valence-electron chi connectivity index (χ2n) is 9.37. The van der Waals surface area contributed by atoms with Crippen LogP contribution < -0.4 is 4.74 Å². The van der Waals surface area contributed by atoms with Crippen molar-refractivity contribution in [3.05, 3.63) is 65.4 Å². The maximum absolute atomic E-state index is 13.0. The molecule has 2 aliphatic heterocycles. The number of benzene rings is 2. The minimum absolute atomic E-state index is 0.00718. The third-order valence-corrected chi connectivity index (χ3v) is 6.96. The zero-order valence-electron chi connectivity index (χ0n) is 19.3. The van der Waals surface area contributed by atoms with Gasteiger partial charge in [0.1, 0.15) is 11.9 Å². The summed E-state index contributed by atoms with van der Waals surface area (Å²) in [6, 6.07) is 18.1. The number of ether oxygens (including phenoxy) is 1. The first-order chi connectivity index (χ1) is 16.0. The summed E-state index contributed by atoms with van der Waals surface area (Å²) in [7, 11) is 0. The van der Waals surface area contributed by atoms with Gasteiger partial charge in [-0.15, -0.1) is 0 Å². The molecule has 6 nitrogen and oxygen atoms in total. The highest BCUT2D eigenvalue weighted by Crippen LogP contribution is 2.29. The van der Waals surface area contributed by atoms with Crippen molar-refractivity contribution >= 4 is 16.8 Å². The lowest BCUT2D eigenvalue weighted by Gasteiger charge is -2.34. The van der Waals surface area contributed by atoms with E-state index in [1.54, 1.807) is 24.3 Å². The van der Waals surface area contributed by atoms with E-state index in [1.165, 1.54) is 5.52 Å². The standard InChI is InChI=1S/C27H30N4O2/c1-19(2)29-11-9-24(10-12-29)33-25-7-8-26-22(16-25)15-23-18-30(13-14-31(23)26)27(32)21-5-3-20(17-28)4-6-21/h3-8,15-16,19,24H,9-14,18H2,1-2H3.